The number of anilines is 1. The smallest absolute Gasteiger partial charge is 0.244 e. The molecule has 4 heteroatoms. The summed E-state index contributed by atoms with van der Waals surface area (Å²) in [4.78, 5) is 18.1. The van der Waals surface area contributed by atoms with Crippen LogP contribution in [0.25, 0.3) is 6.08 Å². The number of nitrogens with zero attached hydrogens (tertiary/aromatic N) is 2. The lowest BCUT2D eigenvalue weighted by molar-refractivity contribution is -0.116. The summed E-state index contributed by atoms with van der Waals surface area (Å²) in [5, 5.41) is 2.92. The van der Waals surface area contributed by atoms with Gasteiger partial charge in [0, 0.05) is 43.8 Å². The Hall–Kier alpha value is -2.62. The van der Waals surface area contributed by atoms with Crippen molar-refractivity contribution >= 4 is 17.7 Å². The van der Waals surface area contributed by atoms with Gasteiger partial charge in [-0.1, -0.05) is 18.2 Å². The molecule has 0 atom stereocenters. The lowest BCUT2D eigenvalue weighted by Gasteiger charge is -2.24. The Morgan fingerprint density at radius 3 is 2.65 bits per heavy atom. The molecule has 0 saturated heterocycles. The standard InChI is InChI=1S/C19H23N3O/c1-3-22(18-7-5-4-6-16(18)2)15-14-21-19(23)9-8-17-10-12-20-13-11-17/h4-13H,3,14-15H2,1-2H3,(H,21,23)/b9-8+. The summed E-state index contributed by atoms with van der Waals surface area (Å²) in [6, 6.07) is 12.0. The van der Waals surface area contributed by atoms with Crippen molar-refractivity contribution in [1.29, 1.82) is 0 Å². The number of hydrogen-bond acceptors (Lipinski definition) is 3. The van der Waals surface area contributed by atoms with Crippen molar-refractivity contribution in [3.63, 3.8) is 0 Å². The summed E-state index contributed by atoms with van der Waals surface area (Å²) >= 11 is 0. The maximum atomic E-state index is 11.9. The largest absolute Gasteiger partial charge is 0.370 e. The van der Waals surface area contributed by atoms with Crippen LogP contribution in [-0.4, -0.2) is 30.5 Å². The fraction of sp³-hybridized carbons (Fsp3) is 0.263. The number of aromatic nitrogens is 1. The Kier molecular flexibility index (Phi) is 6.36. The second kappa shape index (κ2) is 8.73. The third-order valence-electron chi connectivity index (χ3n) is 3.65. The second-order valence-electron chi connectivity index (χ2n) is 5.27. The summed E-state index contributed by atoms with van der Waals surface area (Å²) < 4.78 is 0. The van der Waals surface area contributed by atoms with E-state index in [0.717, 1.165) is 18.7 Å². The third-order valence-corrected chi connectivity index (χ3v) is 3.65. The number of carbonyl (C=O) groups excluding carboxylic acids is 1. The van der Waals surface area contributed by atoms with Crippen LogP contribution in [0.15, 0.2) is 54.9 Å². The Morgan fingerprint density at radius 2 is 1.96 bits per heavy atom. The van der Waals surface area contributed by atoms with E-state index < -0.39 is 0 Å². The zero-order valence-electron chi connectivity index (χ0n) is 13.7. The fourth-order valence-corrected chi connectivity index (χ4v) is 2.39. The molecule has 0 bridgehead atoms. The molecule has 1 heterocycles. The molecule has 0 aliphatic rings. The van der Waals surface area contributed by atoms with E-state index in [2.05, 4.69) is 41.2 Å². The van der Waals surface area contributed by atoms with Crippen LogP contribution in [0.2, 0.25) is 0 Å². The van der Waals surface area contributed by atoms with Gasteiger partial charge < -0.3 is 10.2 Å². The number of hydrogen-bond donors (Lipinski definition) is 1. The number of likely N-dealkylation sites (N-methyl/N-ethyl adjacent to an activating group) is 1. The molecule has 2 aromatic rings. The molecule has 0 radical (unpaired) electrons. The quantitative estimate of drug-likeness (QED) is 0.800. The Morgan fingerprint density at radius 1 is 1.22 bits per heavy atom. The molecule has 0 aliphatic carbocycles. The van der Waals surface area contributed by atoms with E-state index in [1.54, 1.807) is 24.5 Å². The van der Waals surface area contributed by atoms with Crippen LogP contribution in [0, 0.1) is 6.92 Å². The summed E-state index contributed by atoms with van der Waals surface area (Å²) in [5.74, 6) is -0.0809. The first-order valence-corrected chi connectivity index (χ1v) is 7.87. The number of nitrogens with one attached hydrogen (secondary N) is 1. The molecule has 23 heavy (non-hydrogen) atoms. The van der Waals surface area contributed by atoms with E-state index in [1.165, 1.54) is 11.3 Å². The highest BCUT2D eigenvalue weighted by Crippen LogP contribution is 2.18. The third kappa shape index (κ3) is 5.25. The molecule has 1 aromatic heterocycles. The Bertz CT molecular complexity index is 653. The van der Waals surface area contributed by atoms with Gasteiger partial charge in [0.2, 0.25) is 5.91 Å². The number of aryl methyl sites for hydroxylation is 1. The number of rotatable bonds is 7. The van der Waals surface area contributed by atoms with Gasteiger partial charge in [0.25, 0.3) is 0 Å². The van der Waals surface area contributed by atoms with Crippen LogP contribution in [0.5, 0.6) is 0 Å². The molecule has 0 fully saturated rings. The number of carbonyl (C=O) groups is 1. The van der Waals surface area contributed by atoms with Gasteiger partial charge in [-0.15, -0.1) is 0 Å². The fourth-order valence-electron chi connectivity index (χ4n) is 2.39. The molecule has 1 N–H and O–H groups in total. The van der Waals surface area contributed by atoms with Crippen molar-refractivity contribution < 1.29 is 4.79 Å². The van der Waals surface area contributed by atoms with Crippen LogP contribution in [0.1, 0.15) is 18.1 Å². The van der Waals surface area contributed by atoms with E-state index >= 15 is 0 Å². The number of benzene rings is 1. The van der Waals surface area contributed by atoms with Gasteiger partial charge in [-0.2, -0.15) is 0 Å². The van der Waals surface area contributed by atoms with E-state index in [4.69, 9.17) is 0 Å². The van der Waals surface area contributed by atoms with Crippen LogP contribution in [0.3, 0.4) is 0 Å². The van der Waals surface area contributed by atoms with Crippen molar-refractivity contribution in [2.75, 3.05) is 24.5 Å². The highest BCUT2D eigenvalue weighted by atomic mass is 16.1. The van der Waals surface area contributed by atoms with Crippen molar-refractivity contribution in [2.45, 2.75) is 13.8 Å². The highest BCUT2D eigenvalue weighted by molar-refractivity contribution is 5.91. The predicted molar refractivity (Wildman–Crippen MR) is 95.3 cm³/mol. The van der Waals surface area contributed by atoms with Gasteiger partial charge in [0.1, 0.15) is 0 Å². The van der Waals surface area contributed by atoms with Crippen LogP contribution in [-0.2, 0) is 4.79 Å². The van der Waals surface area contributed by atoms with Gasteiger partial charge in [-0.3, -0.25) is 9.78 Å². The topological polar surface area (TPSA) is 45.2 Å². The zero-order valence-corrected chi connectivity index (χ0v) is 13.7. The molecule has 0 saturated carbocycles. The Balaban J connectivity index is 1.82. The molecule has 120 valence electrons. The summed E-state index contributed by atoms with van der Waals surface area (Å²) in [7, 11) is 0. The summed E-state index contributed by atoms with van der Waals surface area (Å²) in [6.07, 6.45) is 6.76. The van der Waals surface area contributed by atoms with Crippen molar-refractivity contribution in [3.8, 4) is 0 Å². The maximum Gasteiger partial charge on any atom is 0.244 e. The lowest BCUT2D eigenvalue weighted by atomic mass is 10.2. The molecule has 0 aliphatic heterocycles. The van der Waals surface area contributed by atoms with E-state index in [9.17, 15) is 4.79 Å². The normalized spacial score (nSPS) is 10.7. The molecule has 0 unspecified atom stereocenters. The SMILES string of the molecule is CCN(CCNC(=O)/C=C/c1ccncc1)c1ccccc1C. The van der Waals surface area contributed by atoms with Crippen molar-refractivity contribution in [1.82, 2.24) is 10.3 Å². The minimum Gasteiger partial charge on any atom is -0.370 e. The first-order valence-electron chi connectivity index (χ1n) is 7.87. The van der Waals surface area contributed by atoms with Crippen LogP contribution >= 0.6 is 0 Å². The predicted octanol–water partition coefficient (Wildman–Crippen LogP) is 3.05. The average Bonchev–Trinajstić information content (AvgIpc) is 2.59. The van der Waals surface area contributed by atoms with Gasteiger partial charge in [0.05, 0.1) is 0 Å². The molecule has 2 rings (SSSR count). The summed E-state index contributed by atoms with van der Waals surface area (Å²) in [5.41, 5.74) is 3.43. The molecule has 0 spiro atoms. The van der Waals surface area contributed by atoms with Crippen LogP contribution < -0.4 is 10.2 Å². The first-order chi connectivity index (χ1) is 11.2. The second-order valence-corrected chi connectivity index (χ2v) is 5.27. The molecule has 1 aromatic carbocycles. The molecule has 1 amide bonds. The van der Waals surface area contributed by atoms with Gasteiger partial charge in [0.15, 0.2) is 0 Å². The van der Waals surface area contributed by atoms with Gasteiger partial charge in [-0.05, 0) is 49.2 Å². The molecule has 4 nitrogen and oxygen atoms in total. The number of para-hydroxylation sites is 1. The number of amides is 1. The minimum absolute atomic E-state index is 0.0809. The number of pyridine rings is 1. The van der Waals surface area contributed by atoms with E-state index in [0.29, 0.717) is 6.54 Å². The van der Waals surface area contributed by atoms with Crippen molar-refractivity contribution in [2.24, 2.45) is 0 Å². The first kappa shape index (κ1) is 16.7. The maximum absolute atomic E-state index is 11.9. The molecular formula is C19H23N3O. The minimum atomic E-state index is -0.0809. The van der Waals surface area contributed by atoms with Crippen molar-refractivity contribution in [3.05, 3.63) is 66.0 Å². The monoisotopic (exact) mass is 309 g/mol. The van der Waals surface area contributed by atoms with Gasteiger partial charge >= 0.3 is 0 Å². The zero-order chi connectivity index (χ0) is 16.5. The van der Waals surface area contributed by atoms with Gasteiger partial charge in [-0.25, -0.2) is 0 Å². The Labute approximate surface area is 137 Å². The summed E-state index contributed by atoms with van der Waals surface area (Å²) in [6.45, 7) is 6.54. The highest BCUT2D eigenvalue weighted by Gasteiger charge is 2.06. The lowest BCUT2D eigenvalue weighted by Crippen LogP contribution is -2.34. The van der Waals surface area contributed by atoms with E-state index in [-0.39, 0.29) is 5.91 Å². The molecular weight excluding hydrogens is 286 g/mol. The van der Waals surface area contributed by atoms with E-state index in [1.807, 2.05) is 24.3 Å². The average molecular weight is 309 g/mol. The van der Waals surface area contributed by atoms with Crippen LogP contribution in [0.4, 0.5) is 5.69 Å².